The van der Waals surface area contributed by atoms with Gasteiger partial charge in [0.2, 0.25) is 0 Å². The average molecular weight is 172 g/mol. The lowest BCUT2D eigenvalue weighted by Crippen LogP contribution is -1.93. The van der Waals surface area contributed by atoms with Gasteiger partial charge in [0.25, 0.3) is 0 Å². The highest BCUT2D eigenvalue weighted by molar-refractivity contribution is 5.66. The first-order chi connectivity index (χ1) is 5.77. The van der Waals surface area contributed by atoms with Gasteiger partial charge < -0.3 is 5.11 Å². The summed E-state index contributed by atoms with van der Waals surface area (Å²) in [6.45, 7) is 0.610. The van der Waals surface area contributed by atoms with Crippen molar-refractivity contribution in [1.29, 1.82) is 5.53 Å². The smallest absolute Gasteiger partial charge is 0.303 e. The van der Waals surface area contributed by atoms with E-state index in [2.05, 4.69) is 5.11 Å². The van der Waals surface area contributed by atoms with Crippen LogP contribution in [0.25, 0.3) is 0 Å². The molecule has 0 saturated heterocycles. The summed E-state index contributed by atoms with van der Waals surface area (Å²) >= 11 is 0. The Morgan fingerprint density at radius 2 is 1.75 bits per heavy atom. The standard InChI is InChI=1S/C8H16N2O2/c9-10-7-5-3-1-2-4-6-8(11)12/h9H,1-7H2,(H,11,12). The normalized spacial score (nSPS) is 9.67. The van der Waals surface area contributed by atoms with Crippen LogP contribution in [-0.2, 0) is 4.79 Å². The molecule has 0 unspecified atom stereocenters. The molecular weight excluding hydrogens is 156 g/mol. The monoisotopic (exact) mass is 172 g/mol. The molecule has 0 radical (unpaired) electrons. The van der Waals surface area contributed by atoms with E-state index in [1.165, 1.54) is 0 Å². The third-order valence-electron chi connectivity index (χ3n) is 1.66. The van der Waals surface area contributed by atoms with Gasteiger partial charge >= 0.3 is 5.97 Å². The molecule has 0 atom stereocenters. The van der Waals surface area contributed by atoms with E-state index in [1.54, 1.807) is 0 Å². The fourth-order valence-corrected chi connectivity index (χ4v) is 0.997. The summed E-state index contributed by atoms with van der Waals surface area (Å²) in [5.41, 5.74) is 6.52. The molecule has 0 rings (SSSR count). The van der Waals surface area contributed by atoms with E-state index in [9.17, 15) is 4.79 Å². The van der Waals surface area contributed by atoms with Crippen LogP contribution >= 0.6 is 0 Å². The molecule has 2 N–H and O–H groups in total. The second kappa shape index (κ2) is 8.17. The van der Waals surface area contributed by atoms with Crippen molar-refractivity contribution in [3.8, 4) is 0 Å². The summed E-state index contributed by atoms with van der Waals surface area (Å²) in [5, 5.41) is 11.6. The molecule has 0 aliphatic heterocycles. The highest BCUT2D eigenvalue weighted by Crippen LogP contribution is 2.05. The lowest BCUT2D eigenvalue weighted by atomic mass is 10.1. The van der Waals surface area contributed by atoms with Crippen molar-refractivity contribution in [2.45, 2.75) is 38.5 Å². The third-order valence-corrected chi connectivity index (χ3v) is 1.66. The number of nitrogens with one attached hydrogen (secondary N) is 1. The van der Waals surface area contributed by atoms with Crippen molar-refractivity contribution in [2.75, 3.05) is 6.54 Å². The van der Waals surface area contributed by atoms with Gasteiger partial charge in [0.1, 0.15) is 0 Å². The van der Waals surface area contributed by atoms with E-state index in [0.29, 0.717) is 6.54 Å². The Balaban J connectivity index is 2.90. The third kappa shape index (κ3) is 9.07. The summed E-state index contributed by atoms with van der Waals surface area (Å²) in [5.74, 6) is -0.712. The molecule has 0 aliphatic carbocycles. The summed E-state index contributed by atoms with van der Waals surface area (Å²) in [6.07, 6.45) is 5.10. The summed E-state index contributed by atoms with van der Waals surface area (Å²) in [6, 6.07) is 0. The molecule has 12 heavy (non-hydrogen) atoms. The predicted octanol–water partition coefficient (Wildman–Crippen LogP) is 2.44. The van der Waals surface area contributed by atoms with Gasteiger partial charge in [0.15, 0.2) is 0 Å². The van der Waals surface area contributed by atoms with E-state index >= 15 is 0 Å². The lowest BCUT2D eigenvalue weighted by Gasteiger charge is -1.96. The summed E-state index contributed by atoms with van der Waals surface area (Å²) in [4.78, 5) is 10.1. The Morgan fingerprint density at radius 1 is 1.17 bits per heavy atom. The fourth-order valence-electron chi connectivity index (χ4n) is 0.997. The second-order valence-corrected chi connectivity index (χ2v) is 2.79. The predicted molar refractivity (Wildman–Crippen MR) is 45.4 cm³/mol. The molecule has 0 aromatic heterocycles. The molecule has 70 valence electrons. The molecule has 0 fully saturated rings. The van der Waals surface area contributed by atoms with Gasteiger partial charge in [0, 0.05) is 6.42 Å². The van der Waals surface area contributed by atoms with Crippen molar-refractivity contribution in [2.24, 2.45) is 5.11 Å². The first kappa shape index (κ1) is 11.1. The number of hydrogen-bond donors (Lipinski definition) is 2. The number of nitrogens with zero attached hydrogens (tertiary/aromatic N) is 1. The largest absolute Gasteiger partial charge is 0.481 e. The van der Waals surface area contributed by atoms with Gasteiger partial charge in [-0.3, -0.25) is 4.79 Å². The molecule has 0 aliphatic rings. The molecule has 0 aromatic rings. The average Bonchev–Trinajstić information content (AvgIpc) is 2.02. The zero-order valence-corrected chi connectivity index (χ0v) is 7.25. The Hall–Kier alpha value is -0.930. The Kier molecular flexibility index (Phi) is 7.54. The minimum absolute atomic E-state index is 0.281. The van der Waals surface area contributed by atoms with Crippen LogP contribution in [0.15, 0.2) is 5.11 Å². The van der Waals surface area contributed by atoms with E-state index in [-0.39, 0.29) is 6.42 Å². The van der Waals surface area contributed by atoms with E-state index in [0.717, 1.165) is 32.1 Å². The highest BCUT2D eigenvalue weighted by atomic mass is 16.4. The van der Waals surface area contributed by atoms with Crippen molar-refractivity contribution >= 4 is 5.97 Å². The molecule has 0 bridgehead atoms. The number of rotatable bonds is 8. The van der Waals surface area contributed by atoms with Crippen LogP contribution in [0.2, 0.25) is 0 Å². The van der Waals surface area contributed by atoms with Crippen LogP contribution in [0.3, 0.4) is 0 Å². The van der Waals surface area contributed by atoms with Crippen LogP contribution in [-0.4, -0.2) is 17.6 Å². The van der Waals surface area contributed by atoms with E-state index < -0.39 is 5.97 Å². The maximum Gasteiger partial charge on any atom is 0.303 e. The zero-order chi connectivity index (χ0) is 9.23. The summed E-state index contributed by atoms with van der Waals surface area (Å²) < 4.78 is 0. The minimum atomic E-state index is -0.712. The van der Waals surface area contributed by atoms with Crippen LogP contribution < -0.4 is 0 Å². The molecule has 4 heteroatoms. The summed E-state index contributed by atoms with van der Waals surface area (Å²) in [7, 11) is 0. The van der Waals surface area contributed by atoms with Crippen molar-refractivity contribution in [3.05, 3.63) is 0 Å². The van der Waals surface area contributed by atoms with E-state index in [1.807, 2.05) is 0 Å². The number of unbranched alkanes of at least 4 members (excludes halogenated alkanes) is 4. The zero-order valence-electron chi connectivity index (χ0n) is 7.25. The molecule has 0 heterocycles. The van der Waals surface area contributed by atoms with Gasteiger partial charge in [-0.15, -0.1) is 0 Å². The van der Waals surface area contributed by atoms with Gasteiger partial charge in [-0.25, -0.2) is 5.53 Å². The first-order valence-electron chi connectivity index (χ1n) is 4.32. The van der Waals surface area contributed by atoms with Crippen LogP contribution in [0.1, 0.15) is 38.5 Å². The van der Waals surface area contributed by atoms with Gasteiger partial charge in [0.05, 0.1) is 6.54 Å². The van der Waals surface area contributed by atoms with Gasteiger partial charge in [-0.2, -0.15) is 5.11 Å². The molecule has 4 nitrogen and oxygen atoms in total. The maximum absolute atomic E-state index is 10.1. The van der Waals surface area contributed by atoms with Gasteiger partial charge in [-0.05, 0) is 12.8 Å². The maximum atomic E-state index is 10.1. The van der Waals surface area contributed by atoms with Crippen LogP contribution in [0.5, 0.6) is 0 Å². The van der Waals surface area contributed by atoms with Crippen LogP contribution in [0.4, 0.5) is 0 Å². The molecule has 0 spiro atoms. The number of carbonyl (C=O) groups is 1. The topological polar surface area (TPSA) is 73.5 Å². The molecular formula is C8H16N2O2. The molecule has 0 amide bonds. The SMILES string of the molecule is N=NCCCCCCCC(=O)O. The van der Waals surface area contributed by atoms with Crippen molar-refractivity contribution in [1.82, 2.24) is 0 Å². The Morgan fingerprint density at radius 3 is 2.33 bits per heavy atom. The first-order valence-corrected chi connectivity index (χ1v) is 4.32. The number of carboxylic acid groups (broad SMARTS) is 1. The quantitative estimate of drug-likeness (QED) is 0.436. The number of carboxylic acids is 1. The molecule has 0 saturated carbocycles. The number of hydrogen-bond acceptors (Lipinski definition) is 3. The van der Waals surface area contributed by atoms with Crippen molar-refractivity contribution < 1.29 is 9.90 Å². The fraction of sp³-hybridized carbons (Fsp3) is 0.875. The van der Waals surface area contributed by atoms with Crippen LogP contribution in [0, 0.1) is 5.53 Å². The molecule has 0 aromatic carbocycles. The lowest BCUT2D eigenvalue weighted by molar-refractivity contribution is -0.137. The second-order valence-electron chi connectivity index (χ2n) is 2.79. The highest BCUT2D eigenvalue weighted by Gasteiger charge is 1.95. The Labute approximate surface area is 72.5 Å². The van der Waals surface area contributed by atoms with Gasteiger partial charge in [-0.1, -0.05) is 19.3 Å². The number of aliphatic carboxylic acids is 1. The van der Waals surface area contributed by atoms with Crippen molar-refractivity contribution in [3.63, 3.8) is 0 Å². The Bertz CT molecular complexity index is 137. The minimum Gasteiger partial charge on any atom is -0.481 e. The van der Waals surface area contributed by atoms with E-state index in [4.69, 9.17) is 10.6 Å².